The van der Waals surface area contributed by atoms with Crippen molar-refractivity contribution in [2.75, 3.05) is 5.75 Å². The Morgan fingerprint density at radius 2 is 1.64 bits per heavy atom. The van der Waals surface area contributed by atoms with Gasteiger partial charge in [-0.2, -0.15) is 12.6 Å². The summed E-state index contributed by atoms with van der Waals surface area (Å²) < 4.78 is 0. The maximum absolute atomic E-state index is 12.6. The molecule has 1 unspecified atom stereocenters. The fraction of sp³-hybridized carbons (Fsp3) is 0.455. The van der Waals surface area contributed by atoms with Gasteiger partial charge in [-0.25, -0.2) is 0 Å². The van der Waals surface area contributed by atoms with E-state index in [-0.39, 0.29) is 48.6 Å². The molecular formula is C33H41N4O6S2+. The van der Waals surface area contributed by atoms with Crippen molar-refractivity contribution in [1.29, 1.82) is 0 Å². The first-order valence-electron chi connectivity index (χ1n) is 15.2. The van der Waals surface area contributed by atoms with Crippen molar-refractivity contribution in [3.05, 3.63) is 67.7 Å². The minimum Gasteiger partial charge on any atom is -0.481 e. The number of allylic oxidation sites excluding steroid dienone is 2. The second kappa shape index (κ2) is 13.4. The zero-order chi connectivity index (χ0) is 32.6. The van der Waals surface area contributed by atoms with Crippen molar-refractivity contribution < 1.29 is 29.4 Å². The fourth-order valence-corrected chi connectivity index (χ4v) is 7.87. The molecule has 240 valence electrons. The number of nitrogens with one attached hydrogen (secondary N) is 4. The van der Waals surface area contributed by atoms with Crippen LogP contribution in [0.25, 0.3) is 12.2 Å². The van der Waals surface area contributed by atoms with Crippen LogP contribution in [0.1, 0.15) is 69.0 Å². The van der Waals surface area contributed by atoms with Gasteiger partial charge in [0, 0.05) is 53.2 Å². The number of carbonyl (C=O) groups is 4. The second-order valence-electron chi connectivity index (χ2n) is 12.3. The number of aromatic nitrogens is 1. The smallest absolute Gasteiger partial charge is 0.303 e. The summed E-state index contributed by atoms with van der Waals surface area (Å²) in [7, 11) is 0. The first kappa shape index (κ1) is 32.7. The predicted octanol–water partition coefficient (Wildman–Crippen LogP) is 3.40. The number of rotatable bonds is 12. The highest BCUT2D eigenvalue weighted by Gasteiger charge is 2.52. The number of carboxylic acids is 2. The number of amides is 2. The number of carbonyl (C=O) groups excluding carboxylic acids is 2. The van der Waals surface area contributed by atoms with Gasteiger partial charge in [0.05, 0.1) is 12.0 Å². The van der Waals surface area contributed by atoms with Gasteiger partial charge in [-0.1, -0.05) is 6.92 Å². The Hall–Kier alpha value is -3.64. The van der Waals surface area contributed by atoms with E-state index in [2.05, 4.69) is 33.6 Å². The summed E-state index contributed by atoms with van der Waals surface area (Å²) in [5, 5.41) is 30.7. The minimum atomic E-state index is -0.898. The lowest BCUT2D eigenvalue weighted by atomic mass is 9.91. The van der Waals surface area contributed by atoms with Gasteiger partial charge >= 0.3 is 11.9 Å². The van der Waals surface area contributed by atoms with E-state index in [0.29, 0.717) is 30.1 Å². The summed E-state index contributed by atoms with van der Waals surface area (Å²) in [5.74, 6) is -0.805. The average Bonchev–Trinajstić information content (AvgIpc) is 3.56. The third-order valence-corrected chi connectivity index (χ3v) is 10.7. The number of thiol groups is 2. The van der Waals surface area contributed by atoms with Crippen molar-refractivity contribution in [2.24, 2.45) is 11.8 Å². The topological polar surface area (TPSA) is 161 Å². The molecule has 5 rings (SSSR count). The average molecular weight is 654 g/mol. The molecule has 1 aromatic heterocycles. The van der Waals surface area contributed by atoms with E-state index in [1.54, 1.807) is 11.5 Å². The van der Waals surface area contributed by atoms with Gasteiger partial charge in [0.25, 0.3) is 5.91 Å². The zero-order valence-corrected chi connectivity index (χ0v) is 27.6. The van der Waals surface area contributed by atoms with E-state index in [0.717, 1.165) is 56.4 Å². The molecule has 5 atom stereocenters. The molecule has 0 radical (unpaired) electrons. The van der Waals surface area contributed by atoms with Gasteiger partial charge in [0.15, 0.2) is 11.0 Å². The molecule has 1 aromatic rings. The SMILES string of the molecule is CC1=C(CCC(=O)O)/C(=C/c2[nH]c(/C=C3\NC(=O)[C@H](C)[C@H]3[C@@H]3C[SH+]3)c(C)c2CCC(=O)O)NC1C[C@H]1NC(=O)C(/C=C/S)=C1C. The Kier molecular flexibility index (Phi) is 9.74. The number of carboxylic acid groups (broad SMARTS) is 2. The lowest BCUT2D eigenvalue weighted by Crippen LogP contribution is -2.36. The molecule has 0 aliphatic carbocycles. The van der Waals surface area contributed by atoms with Crippen molar-refractivity contribution in [2.45, 2.75) is 77.1 Å². The summed E-state index contributed by atoms with van der Waals surface area (Å²) in [5.41, 5.74) is 8.43. The lowest BCUT2D eigenvalue weighted by Gasteiger charge is -2.20. The number of aliphatic carboxylic acids is 2. The van der Waals surface area contributed by atoms with Crippen molar-refractivity contribution in [3.8, 4) is 0 Å². The first-order chi connectivity index (χ1) is 21.4. The largest absolute Gasteiger partial charge is 0.481 e. The van der Waals surface area contributed by atoms with Crippen LogP contribution in [0.15, 0.2) is 45.2 Å². The van der Waals surface area contributed by atoms with E-state index < -0.39 is 11.9 Å². The van der Waals surface area contributed by atoms with Gasteiger partial charge in [-0.05, 0) is 103 Å². The van der Waals surface area contributed by atoms with Crippen LogP contribution in [0.2, 0.25) is 0 Å². The number of hydrogen-bond donors (Lipinski definition) is 7. The Morgan fingerprint density at radius 1 is 0.978 bits per heavy atom. The van der Waals surface area contributed by atoms with E-state index in [4.69, 9.17) is 0 Å². The molecule has 2 fully saturated rings. The summed E-state index contributed by atoms with van der Waals surface area (Å²) in [6, 6.07) is -0.335. The van der Waals surface area contributed by atoms with Crippen molar-refractivity contribution in [1.82, 2.24) is 20.9 Å². The van der Waals surface area contributed by atoms with Crippen LogP contribution < -0.4 is 16.0 Å². The summed E-state index contributed by atoms with van der Waals surface area (Å²) in [4.78, 5) is 51.8. The molecule has 0 saturated carbocycles. The Labute approximate surface area is 272 Å². The standard InChI is InChI=1S/C33H40N4O6S2/c1-15-19(5-7-29(38)39)25(34-22(15)11-24-17(3)21(9-10-44)33(43)36-24)13-26-20(6-8-30(40)41)16(2)23(35-26)12-27-31(28-14-45-28)18(4)32(42)37-27/h9-10,12-13,18,22,24,28,31,34-35,44H,5-8,11,14H2,1-4H3,(H,36,43)(H,37,42)(H,38,39)(H,40,41)/p+1/b10-9+,25-13-,27-12-/t18-,22?,24-,28+,31-/m1/s1. The number of hydrogen-bond acceptors (Lipinski definition) is 6. The third-order valence-electron chi connectivity index (χ3n) is 9.47. The lowest BCUT2D eigenvalue weighted by molar-refractivity contribution is -0.138. The van der Waals surface area contributed by atoms with Gasteiger partial charge in [0.2, 0.25) is 5.91 Å². The van der Waals surface area contributed by atoms with Crippen molar-refractivity contribution in [3.63, 3.8) is 0 Å². The predicted molar refractivity (Wildman–Crippen MR) is 180 cm³/mol. The molecule has 4 aliphatic rings. The number of aromatic amines is 1. The molecule has 45 heavy (non-hydrogen) atoms. The highest BCUT2D eigenvalue weighted by Crippen LogP contribution is 2.39. The monoisotopic (exact) mass is 653 g/mol. The maximum Gasteiger partial charge on any atom is 0.303 e. The van der Waals surface area contributed by atoms with Crippen LogP contribution in [-0.2, 0) is 37.4 Å². The van der Waals surface area contributed by atoms with Crippen LogP contribution >= 0.6 is 12.6 Å². The Balaban J connectivity index is 1.50. The van der Waals surface area contributed by atoms with Gasteiger partial charge in [-0.3, -0.25) is 19.2 Å². The molecule has 10 nitrogen and oxygen atoms in total. The van der Waals surface area contributed by atoms with Crippen LogP contribution in [0.4, 0.5) is 0 Å². The molecule has 2 amide bonds. The normalized spacial score (nSPS) is 28.1. The van der Waals surface area contributed by atoms with Crippen molar-refractivity contribution >= 4 is 60.3 Å². The molecule has 4 aliphatic heterocycles. The van der Waals surface area contributed by atoms with Crippen LogP contribution in [-0.4, -0.2) is 62.0 Å². The van der Waals surface area contributed by atoms with E-state index in [1.165, 1.54) is 11.8 Å². The van der Waals surface area contributed by atoms with E-state index >= 15 is 0 Å². The first-order valence-corrected chi connectivity index (χ1v) is 16.9. The maximum atomic E-state index is 12.6. The zero-order valence-electron chi connectivity index (χ0n) is 25.9. The van der Waals surface area contributed by atoms with Gasteiger partial charge in [0.1, 0.15) is 0 Å². The number of H-pyrrole nitrogens is 1. The summed E-state index contributed by atoms with van der Waals surface area (Å²) in [6.07, 6.45) is 6.75. The van der Waals surface area contributed by atoms with Gasteiger partial charge in [-0.15, -0.1) is 0 Å². The molecule has 5 heterocycles. The quantitative estimate of drug-likeness (QED) is 0.103. The van der Waals surface area contributed by atoms with E-state index in [9.17, 15) is 29.4 Å². The van der Waals surface area contributed by atoms with Gasteiger partial charge < -0.3 is 31.1 Å². The molecule has 0 bridgehead atoms. The van der Waals surface area contributed by atoms with Crippen LogP contribution in [0.3, 0.4) is 0 Å². The minimum absolute atomic E-state index is 0.0215. The summed E-state index contributed by atoms with van der Waals surface area (Å²) >= 11 is 5.47. The molecule has 2 saturated heterocycles. The summed E-state index contributed by atoms with van der Waals surface area (Å²) in [6.45, 7) is 7.84. The molecular weight excluding hydrogens is 613 g/mol. The van der Waals surface area contributed by atoms with Crippen LogP contribution in [0, 0.1) is 18.8 Å². The Bertz CT molecular complexity index is 1600. The fourth-order valence-electron chi connectivity index (χ4n) is 6.73. The highest BCUT2D eigenvalue weighted by molar-refractivity contribution is 7.86. The van der Waals surface area contributed by atoms with E-state index in [1.807, 2.05) is 39.8 Å². The van der Waals surface area contributed by atoms with Crippen LogP contribution in [0.5, 0.6) is 0 Å². The molecule has 0 aromatic carbocycles. The third kappa shape index (κ3) is 6.96. The molecule has 0 spiro atoms. The molecule has 12 heteroatoms. The highest BCUT2D eigenvalue weighted by atomic mass is 32.2. The molecule has 6 N–H and O–H groups in total. The second-order valence-corrected chi connectivity index (χ2v) is 14.0. The Morgan fingerprint density at radius 3 is 2.29 bits per heavy atom.